The predicted octanol–water partition coefficient (Wildman–Crippen LogP) is 4.39. The summed E-state index contributed by atoms with van der Waals surface area (Å²) in [4.78, 5) is 7.01. The van der Waals surface area contributed by atoms with E-state index in [1.165, 1.54) is 0 Å². The molecule has 1 aromatic heterocycles. The molecule has 0 saturated heterocycles. The van der Waals surface area contributed by atoms with Crippen LogP contribution in [0.3, 0.4) is 0 Å². The summed E-state index contributed by atoms with van der Waals surface area (Å²) in [5.74, 6) is 0. The normalized spacial score (nSPS) is 10.1. The molecule has 0 spiro atoms. The second-order valence-electron chi connectivity index (χ2n) is 3.38. The van der Waals surface area contributed by atoms with E-state index in [4.69, 9.17) is 17.1 Å². The van der Waals surface area contributed by atoms with E-state index >= 15 is 0 Å². The Morgan fingerprint density at radius 2 is 2.25 bits per heavy atom. The van der Waals surface area contributed by atoms with Gasteiger partial charge in [0.05, 0.1) is 16.2 Å². The zero-order chi connectivity index (χ0) is 11.5. The van der Waals surface area contributed by atoms with E-state index in [1.807, 2.05) is 12.3 Å². The largest absolute Gasteiger partial charge is 0.256 e. The average Bonchev–Trinajstić information content (AvgIpc) is 2.30. The van der Waals surface area contributed by atoms with Gasteiger partial charge in [0.15, 0.2) is 0 Å². The van der Waals surface area contributed by atoms with Crippen LogP contribution in [0.4, 0.5) is 5.69 Å². The van der Waals surface area contributed by atoms with Gasteiger partial charge in [-0.05, 0) is 35.7 Å². The number of pyridine rings is 1. The number of aryl methyl sites for hydroxylation is 1. The maximum Gasteiger partial charge on any atom is 0.0707 e. The van der Waals surface area contributed by atoms with Crippen molar-refractivity contribution in [3.05, 3.63) is 45.4 Å². The van der Waals surface area contributed by atoms with E-state index in [-0.39, 0.29) is 0 Å². The van der Waals surface area contributed by atoms with Crippen LogP contribution in [0.15, 0.2) is 29.5 Å². The Hall–Kier alpha value is -1.77. The molecular formula is C11H9ClN4. The Bertz CT molecular complexity index is 588. The van der Waals surface area contributed by atoms with Gasteiger partial charge in [-0.2, -0.15) is 0 Å². The number of aromatic nitrogens is 1. The summed E-state index contributed by atoms with van der Waals surface area (Å²) >= 11 is 5.98. The van der Waals surface area contributed by atoms with E-state index in [1.54, 1.807) is 12.1 Å². The van der Waals surface area contributed by atoms with Crippen molar-refractivity contribution in [1.29, 1.82) is 0 Å². The quantitative estimate of drug-likeness (QED) is 0.430. The predicted molar refractivity (Wildman–Crippen MR) is 64.9 cm³/mol. The molecule has 0 saturated carbocycles. The van der Waals surface area contributed by atoms with Crippen LogP contribution >= 0.6 is 11.6 Å². The second-order valence-corrected chi connectivity index (χ2v) is 3.79. The van der Waals surface area contributed by atoms with Crippen LogP contribution in [0.5, 0.6) is 0 Å². The molecule has 0 atom stereocenters. The van der Waals surface area contributed by atoms with Crippen LogP contribution in [-0.4, -0.2) is 4.98 Å². The zero-order valence-corrected chi connectivity index (χ0v) is 9.44. The first-order valence-corrected chi connectivity index (χ1v) is 5.25. The van der Waals surface area contributed by atoms with Crippen LogP contribution in [0.25, 0.3) is 21.3 Å². The third kappa shape index (κ3) is 1.94. The smallest absolute Gasteiger partial charge is 0.0707 e. The molecule has 1 heterocycles. The molecule has 1 aromatic carbocycles. The van der Waals surface area contributed by atoms with Crippen molar-refractivity contribution >= 4 is 28.2 Å². The van der Waals surface area contributed by atoms with E-state index < -0.39 is 0 Å². The third-order valence-electron chi connectivity index (χ3n) is 2.37. The fourth-order valence-corrected chi connectivity index (χ4v) is 1.71. The Kier molecular flexibility index (Phi) is 2.95. The molecule has 0 aliphatic rings. The summed E-state index contributed by atoms with van der Waals surface area (Å²) in [6, 6.07) is 5.50. The first-order chi connectivity index (χ1) is 7.74. The highest BCUT2D eigenvalue weighted by molar-refractivity contribution is 6.33. The van der Waals surface area contributed by atoms with Gasteiger partial charge in [0.25, 0.3) is 0 Å². The number of hydrogen-bond donors (Lipinski definition) is 0. The molecule has 80 valence electrons. The lowest BCUT2D eigenvalue weighted by molar-refractivity contribution is 1.12. The third-order valence-corrected chi connectivity index (χ3v) is 2.67. The highest BCUT2D eigenvalue weighted by Crippen LogP contribution is 2.29. The van der Waals surface area contributed by atoms with Crippen molar-refractivity contribution in [3.8, 4) is 0 Å². The SMILES string of the molecule is CCc1cnc2cc(N=[N+]=[N-])c(Cl)cc2c1. The summed E-state index contributed by atoms with van der Waals surface area (Å²) in [6.45, 7) is 2.07. The van der Waals surface area contributed by atoms with Crippen molar-refractivity contribution < 1.29 is 0 Å². The number of benzene rings is 1. The van der Waals surface area contributed by atoms with Gasteiger partial charge in [0.1, 0.15) is 0 Å². The number of halogens is 1. The lowest BCUT2D eigenvalue weighted by atomic mass is 10.1. The summed E-state index contributed by atoms with van der Waals surface area (Å²) in [6.07, 6.45) is 2.74. The molecule has 4 nitrogen and oxygen atoms in total. The summed E-state index contributed by atoms with van der Waals surface area (Å²) in [5, 5.41) is 4.91. The molecule has 0 fully saturated rings. The van der Waals surface area contributed by atoms with Crippen LogP contribution < -0.4 is 0 Å². The Labute approximate surface area is 97.5 Å². The highest BCUT2D eigenvalue weighted by atomic mass is 35.5. The summed E-state index contributed by atoms with van der Waals surface area (Å²) in [5.41, 5.74) is 10.7. The molecule has 16 heavy (non-hydrogen) atoms. The first kappa shape index (κ1) is 10.7. The van der Waals surface area contributed by atoms with Crippen LogP contribution in [0.2, 0.25) is 5.02 Å². The van der Waals surface area contributed by atoms with Gasteiger partial charge in [-0.15, -0.1) is 0 Å². The topological polar surface area (TPSA) is 61.7 Å². The molecule has 0 aliphatic heterocycles. The minimum atomic E-state index is 0.411. The molecule has 0 aliphatic carbocycles. The van der Waals surface area contributed by atoms with Gasteiger partial charge in [-0.3, -0.25) is 4.98 Å². The second kappa shape index (κ2) is 4.39. The maximum absolute atomic E-state index is 8.38. The maximum atomic E-state index is 8.38. The van der Waals surface area contributed by atoms with Gasteiger partial charge in [-0.1, -0.05) is 23.6 Å². The molecule has 0 bridgehead atoms. The van der Waals surface area contributed by atoms with Crippen molar-refractivity contribution in [3.63, 3.8) is 0 Å². The molecule has 2 rings (SSSR count). The molecule has 0 radical (unpaired) electrons. The van der Waals surface area contributed by atoms with E-state index in [9.17, 15) is 0 Å². The molecule has 5 heteroatoms. The van der Waals surface area contributed by atoms with E-state index in [0.717, 1.165) is 22.9 Å². The van der Waals surface area contributed by atoms with Gasteiger partial charge < -0.3 is 0 Å². The number of nitrogens with zero attached hydrogens (tertiary/aromatic N) is 4. The van der Waals surface area contributed by atoms with Crippen LogP contribution in [0.1, 0.15) is 12.5 Å². The number of rotatable bonds is 2. The standard InChI is InChI=1S/C11H9ClN4/c1-2-7-3-8-4-9(12)11(15-16-13)5-10(8)14-6-7/h3-6H,2H2,1H3. The van der Waals surface area contributed by atoms with Crippen molar-refractivity contribution in [1.82, 2.24) is 4.98 Å². The summed E-state index contributed by atoms with van der Waals surface area (Å²) in [7, 11) is 0. The van der Waals surface area contributed by atoms with Crippen molar-refractivity contribution in [2.24, 2.45) is 5.11 Å². The molecular weight excluding hydrogens is 224 g/mol. The fourth-order valence-electron chi connectivity index (χ4n) is 1.50. The monoisotopic (exact) mass is 232 g/mol. The van der Waals surface area contributed by atoms with Crippen LogP contribution in [-0.2, 0) is 6.42 Å². The minimum Gasteiger partial charge on any atom is -0.256 e. The van der Waals surface area contributed by atoms with Gasteiger partial charge >= 0.3 is 0 Å². The first-order valence-electron chi connectivity index (χ1n) is 4.88. The average molecular weight is 233 g/mol. The number of hydrogen-bond acceptors (Lipinski definition) is 2. The number of fused-ring (bicyclic) bond motifs is 1. The lowest BCUT2D eigenvalue weighted by Gasteiger charge is -2.03. The van der Waals surface area contributed by atoms with Crippen molar-refractivity contribution in [2.75, 3.05) is 0 Å². The Morgan fingerprint density at radius 3 is 2.94 bits per heavy atom. The zero-order valence-electron chi connectivity index (χ0n) is 8.68. The number of azide groups is 1. The van der Waals surface area contributed by atoms with Gasteiger partial charge in [-0.25, -0.2) is 0 Å². The molecule has 0 amide bonds. The van der Waals surface area contributed by atoms with Gasteiger partial charge in [0.2, 0.25) is 0 Å². The highest BCUT2D eigenvalue weighted by Gasteiger charge is 2.03. The van der Waals surface area contributed by atoms with E-state index in [2.05, 4.69) is 21.9 Å². The Balaban J connectivity index is 2.68. The summed E-state index contributed by atoms with van der Waals surface area (Å²) < 4.78 is 0. The fraction of sp³-hybridized carbons (Fsp3) is 0.182. The molecule has 0 N–H and O–H groups in total. The molecule has 2 aromatic rings. The minimum absolute atomic E-state index is 0.411. The molecule has 0 unspecified atom stereocenters. The van der Waals surface area contributed by atoms with Gasteiger partial charge in [0, 0.05) is 16.5 Å². The van der Waals surface area contributed by atoms with Crippen molar-refractivity contribution in [2.45, 2.75) is 13.3 Å². The Morgan fingerprint density at radius 1 is 1.44 bits per heavy atom. The lowest BCUT2D eigenvalue weighted by Crippen LogP contribution is -1.84. The van der Waals surface area contributed by atoms with Crippen LogP contribution in [0, 0.1) is 0 Å². The van der Waals surface area contributed by atoms with E-state index in [0.29, 0.717) is 10.7 Å².